The highest BCUT2D eigenvalue weighted by Crippen LogP contribution is 2.17. The van der Waals surface area contributed by atoms with Crippen LogP contribution in [0.3, 0.4) is 0 Å². The van der Waals surface area contributed by atoms with Gasteiger partial charge in [0, 0.05) is 25.3 Å². The van der Waals surface area contributed by atoms with Crippen LogP contribution in [0.4, 0.5) is 5.69 Å². The summed E-state index contributed by atoms with van der Waals surface area (Å²) < 4.78 is 37.8. The number of aryl methyl sites for hydroxylation is 1. The molecule has 0 heterocycles. The first-order chi connectivity index (χ1) is 14.8. The predicted octanol–water partition coefficient (Wildman–Crippen LogP) is 3.58. The van der Waals surface area contributed by atoms with Gasteiger partial charge in [-0.2, -0.15) is 8.42 Å². The second kappa shape index (κ2) is 12.3. The monoisotopic (exact) mass is 449 g/mol. The van der Waals surface area contributed by atoms with Crippen LogP contribution in [0, 0.1) is 0 Å². The van der Waals surface area contributed by atoms with Gasteiger partial charge in [-0.3, -0.25) is 0 Å². The van der Waals surface area contributed by atoms with Crippen molar-refractivity contribution in [1.29, 1.82) is 0 Å². The molecule has 0 aromatic heterocycles. The minimum absolute atomic E-state index is 0.314. The molecule has 0 saturated carbocycles. The number of ether oxygens (including phenoxy) is 2. The fourth-order valence-electron chi connectivity index (χ4n) is 3.08. The van der Waals surface area contributed by atoms with E-state index in [9.17, 15) is 13.2 Å². The molecule has 0 fully saturated rings. The molecule has 2 aromatic carbocycles. The van der Waals surface area contributed by atoms with Crippen molar-refractivity contribution in [2.75, 3.05) is 31.3 Å². The number of hydrogen-bond donors (Lipinski definition) is 1. The summed E-state index contributed by atoms with van der Waals surface area (Å²) in [6, 6.07) is 15.0. The fourth-order valence-corrected chi connectivity index (χ4v) is 3.54. The summed E-state index contributed by atoms with van der Waals surface area (Å²) in [6.45, 7) is 5.19. The lowest BCUT2D eigenvalue weighted by Gasteiger charge is -2.16. The molecule has 0 saturated heterocycles. The second-order valence-electron chi connectivity index (χ2n) is 7.06. The summed E-state index contributed by atoms with van der Waals surface area (Å²) in [5.41, 5.74) is 3.08. The number of rotatable bonds is 13. The van der Waals surface area contributed by atoms with Crippen molar-refractivity contribution in [3.63, 3.8) is 0 Å². The van der Waals surface area contributed by atoms with Gasteiger partial charge in [-0.05, 0) is 62.1 Å². The molecule has 0 amide bonds. The van der Waals surface area contributed by atoms with Gasteiger partial charge in [-0.15, -0.1) is 0 Å². The van der Waals surface area contributed by atoms with Gasteiger partial charge >= 0.3 is 16.1 Å². The zero-order valence-electron chi connectivity index (χ0n) is 18.3. The fraction of sp³-hybridized carbons (Fsp3) is 0.435. The Morgan fingerprint density at radius 3 is 2.42 bits per heavy atom. The van der Waals surface area contributed by atoms with Crippen LogP contribution in [0.5, 0.6) is 5.75 Å². The molecule has 1 N–H and O–H groups in total. The SMILES string of the molecule is CCOC(=O)C(Cc1cccc(NCCCc2ccc(OS(C)(=O)=O)cc2)c1)OCC. The summed E-state index contributed by atoms with van der Waals surface area (Å²) >= 11 is 0. The maximum Gasteiger partial charge on any atom is 0.335 e. The molecular weight excluding hydrogens is 418 g/mol. The Labute approximate surface area is 184 Å². The molecule has 2 aromatic rings. The Morgan fingerprint density at radius 1 is 1.03 bits per heavy atom. The van der Waals surface area contributed by atoms with E-state index in [0.29, 0.717) is 25.4 Å². The highest BCUT2D eigenvalue weighted by molar-refractivity contribution is 7.86. The lowest BCUT2D eigenvalue weighted by atomic mass is 10.1. The molecule has 8 heteroatoms. The first-order valence-corrected chi connectivity index (χ1v) is 12.2. The summed E-state index contributed by atoms with van der Waals surface area (Å²) in [6.07, 6.45) is 2.64. The van der Waals surface area contributed by atoms with E-state index in [1.807, 2.05) is 43.3 Å². The molecule has 0 bridgehead atoms. The highest BCUT2D eigenvalue weighted by atomic mass is 32.2. The number of nitrogens with one attached hydrogen (secondary N) is 1. The van der Waals surface area contributed by atoms with Gasteiger partial charge in [0.15, 0.2) is 6.10 Å². The molecule has 0 aliphatic rings. The average molecular weight is 450 g/mol. The summed E-state index contributed by atoms with van der Waals surface area (Å²) in [5, 5.41) is 3.40. The Bertz CT molecular complexity index is 927. The van der Waals surface area contributed by atoms with E-state index in [1.165, 1.54) is 0 Å². The molecule has 1 unspecified atom stereocenters. The molecule has 0 aliphatic carbocycles. The van der Waals surface area contributed by atoms with Gasteiger partial charge in [-0.1, -0.05) is 24.3 Å². The van der Waals surface area contributed by atoms with Crippen LogP contribution in [0.15, 0.2) is 48.5 Å². The van der Waals surface area contributed by atoms with Crippen molar-refractivity contribution >= 4 is 21.8 Å². The average Bonchev–Trinajstić information content (AvgIpc) is 2.71. The smallest absolute Gasteiger partial charge is 0.335 e. The lowest BCUT2D eigenvalue weighted by Crippen LogP contribution is -2.29. The van der Waals surface area contributed by atoms with Crippen LogP contribution in [0.2, 0.25) is 0 Å². The van der Waals surface area contributed by atoms with Crippen LogP contribution in [0.1, 0.15) is 31.4 Å². The van der Waals surface area contributed by atoms with E-state index in [4.69, 9.17) is 13.7 Å². The van der Waals surface area contributed by atoms with E-state index in [1.54, 1.807) is 19.1 Å². The highest BCUT2D eigenvalue weighted by Gasteiger charge is 2.20. The van der Waals surface area contributed by atoms with E-state index in [-0.39, 0.29) is 5.97 Å². The molecule has 0 spiro atoms. The van der Waals surface area contributed by atoms with Crippen molar-refractivity contribution in [2.24, 2.45) is 0 Å². The van der Waals surface area contributed by atoms with Gasteiger partial charge in [0.2, 0.25) is 0 Å². The first-order valence-electron chi connectivity index (χ1n) is 10.4. The predicted molar refractivity (Wildman–Crippen MR) is 121 cm³/mol. The van der Waals surface area contributed by atoms with E-state index in [2.05, 4.69) is 5.32 Å². The van der Waals surface area contributed by atoms with Crippen molar-refractivity contribution in [3.8, 4) is 5.75 Å². The summed E-state index contributed by atoms with van der Waals surface area (Å²) in [5.74, 6) is -0.0231. The quantitative estimate of drug-likeness (QED) is 0.284. The van der Waals surface area contributed by atoms with Crippen LogP contribution in [0.25, 0.3) is 0 Å². The molecule has 0 radical (unpaired) electrons. The van der Waals surface area contributed by atoms with E-state index < -0.39 is 16.2 Å². The van der Waals surface area contributed by atoms with Crippen LogP contribution >= 0.6 is 0 Å². The van der Waals surface area contributed by atoms with Gasteiger partial charge in [-0.25, -0.2) is 4.79 Å². The molecular formula is C23H31NO6S. The van der Waals surface area contributed by atoms with E-state index in [0.717, 1.165) is 42.5 Å². The summed E-state index contributed by atoms with van der Waals surface area (Å²) in [7, 11) is -3.51. The van der Waals surface area contributed by atoms with Gasteiger partial charge in [0.1, 0.15) is 5.75 Å². The minimum atomic E-state index is -3.51. The Kier molecular flexibility index (Phi) is 9.81. The summed E-state index contributed by atoms with van der Waals surface area (Å²) in [4.78, 5) is 12.1. The number of benzene rings is 2. The topological polar surface area (TPSA) is 90.9 Å². The minimum Gasteiger partial charge on any atom is -0.464 e. The third-order valence-electron chi connectivity index (χ3n) is 4.41. The third-order valence-corrected chi connectivity index (χ3v) is 4.90. The number of hydrogen-bond acceptors (Lipinski definition) is 7. The van der Waals surface area contributed by atoms with Crippen molar-refractivity contribution < 1.29 is 26.9 Å². The second-order valence-corrected chi connectivity index (χ2v) is 8.64. The zero-order chi connectivity index (χ0) is 22.7. The molecule has 170 valence electrons. The molecule has 31 heavy (non-hydrogen) atoms. The van der Waals surface area contributed by atoms with Gasteiger partial charge in [0.25, 0.3) is 0 Å². The van der Waals surface area contributed by atoms with Gasteiger partial charge < -0.3 is 19.0 Å². The Balaban J connectivity index is 1.83. The molecule has 2 rings (SSSR count). The van der Waals surface area contributed by atoms with Gasteiger partial charge in [0.05, 0.1) is 12.9 Å². The maximum atomic E-state index is 12.1. The third kappa shape index (κ3) is 9.40. The number of anilines is 1. The van der Waals surface area contributed by atoms with Crippen molar-refractivity contribution in [1.82, 2.24) is 0 Å². The number of carbonyl (C=O) groups is 1. The lowest BCUT2D eigenvalue weighted by molar-refractivity contribution is -0.156. The van der Waals surface area contributed by atoms with Crippen molar-refractivity contribution in [2.45, 2.75) is 39.2 Å². The largest absolute Gasteiger partial charge is 0.464 e. The zero-order valence-corrected chi connectivity index (χ0v) is 19.1. The normalized spacial score (nSPS) is 12.2. The van der Waals surface area contributed by atoms with Crippen LogP contribution in [-0.4, -0.2) is 46.5 Å². The maximum absolute atomic E-state index is 12.1. The van der Waals surface area contributed by atoms with Crippen LogP contribution in [-0.2, 0) is 37.2 Å². The number of esters is 1. The Morgan fingerprint density at radius 2 is 1.77 bits per heavy atom. The van der Waals surface area contributed by atoms with Crippen LogP contribution < -0.4 is 9.50 Å². The number of carbonyl (C=O) groups excluding carboxylic acids is 1. The molecule has 0 aliphatic heterocycles. The molecule has 1 atom stereocenters. The van der Waals surface area contributed by atoms with Crippen molar-refractivity contribution in [3.05, 3.63) is 59.7 Å². The first kappa shape index (κ1) is 24.7. The Hall–Kier alpha value is -2.58. The van der Waals surface area contributed by atoms with E-state index >= 15 is 0 Å². The molecule has 7 nitrogen and oxygen atoms in total. The standard InChI is InChI=1S/C23H31NO6S/c1-4-28-22(23(25)29-5-2)17-19-8-6-10-20(16-19)24-15-7-9-18-11-13-21(14-12-18)30-31(3,26)27/h6,8,10-14,16,22,24H,4-5,7,9,15,17H2,1-3H3.